The zero-order chi connectivity index (χ0) is 21.1. The Morgan fingerprint density at radius 3 is 2.59 bits per heavy atom. The van der Waals surface area contributed by atoms with Crippen LogP contribution in [-0.4, -0.2) is 42.5 Å². The number of carbonyl (C=O) groups is 1. The van der Waals surface area contributed by atoms with Gasteiger partial charge in [0.05, 0.1) is 24.1 Å². The lowest BCUT2D eigenvalue weighted by molar-refractivity contribution is -0.111. The Kier molecular flexibility index (Phi) is 9.17. The van der Waals surface area contributed by atoms with Crippen molar-refractivity contribution in [3.63, 3.8) is 0 Å². The van der Waals surface area contributed by atoms with E-state index in [1.165, 1.54) is 6.08 Å². The molecule has 7 nitrogen and oxygen atoms in total. The maximum absolute atomic E-state index is 12.0. The zero-order valence-electron chi connectivity index (χ0n) is 16.5. The highest BCUT2D eigenvalue weighted by atomic mass is 16.5. The van der Waals surface area contributed by atoms with Crippen molar-refractivity contribution in [2.24, 2.45) is 0 Å². The quantitative estimate of drug-likeness (QED) is 0.341. The second-order valence-corrected chi connectivity index (χ2v) is 6.42. The molecule has 2 aromatic carbocycles. The van der Waals surface area contributed by atoms with Crippen molar-refractivity contribution >= 4 is 17.3 Å². The number of aliphatic hydroxyl groups excluding tert-OH is 2. The van der Waals surface area contributed by atoms with E-state index in [9.17, 15) is 9.90 Å². The fourth-order valence-corrected chi connectivity index (χ4v) is 2.78. The van der Waals surface area contributed by atoms with E-state index in [2.05, 4.69) is 5.32 Å². The molecular formula is C22H28N2O5. The molecule has 2 rings (SSSR count). The largest absolute Gasteiger partial charge is 0.491 e. The summed E-state index contributed by atoms with van der Waals surface area (Å²) in [6, 6.07) is 14.0. The number of nitrogens with one attached hydrogen (secondary N) is 1. The normalized spacial score (nSPS) is 13.2. The minimum absolute atomic E-state index is 0.0552. The standard InChI is InChI=1S/C22H28N2O5/c1-28-20(22(27)16-10-12-17(13-11-16)29-15-14-25)8-4-5-9-21(26)24-19-7-3-2-6-18(19)23/h2-3,5-7,9-13,20,22,25,27H,4,8,14-15,23H2,1H3,(H,24,26)/b9-5+/t20-,22-/m0/s1. The molecule has 0 spiro atoms. The van der Waals surface area contributed by atoms with Crippen LogP contribution in [-0.2, 0) is 9.53 Å². The third-order valence-corrected chi connectivity index (χ3v) is 4.34. The highest BCUT2D eigenvalue weighted by molar-refractivity contribution is 6.01. The third kappa shape index (κ3) is 7.23. The van der Waals surface area contributed by atoms with Gasteiger partial charge >= 0.3 is 0 Å². The molecule has 5 N–H and O–H groups in total. The smallest absolute Gasteiger partial charge is 0.248 e. The lowest BCUT2D eigenvalue weighted by atomic mass is 10.0. The first-order valence-corrected chi connectivity index (χ1v) is 9.41. The van der Waals surface area contributed by atoms with E-state index >= 15 is 0 Å². The first-order valence-electron chi connectivity index (χ1n) is 9.41. The molecule has 0 aliphatic rings. The molecule has 0 radical (unpaired) electrons. The van der Waals surface area contributed by atoms with Crippen LogP contribution in [0.5, 0.6) is 5.75 Å². The highest BCUT2D eigenvalue weighted by Crippen LogP contribution is 2.24. The number of methoxy groups -OCH3 is 1. The molecule has 0 aliphatic carbocycles. The Bertz CT molecular complexity index is 792. The van der Waals surface area contributed by atoms with Gasteiger partial charge in [0.2, 0.25) is 5.91 Å². The van der Waals surface area contributed by atoms with Crippen molar-refractivity contribution in [1.82, 2.24) is 0 Å². The summed E-state index contributed by atoms with van der Waals surface area (Å²) in [5, 5.41) is 22.1. The zero-order valence-corrected chi connectivity index (χ0v) is 16.5. The minimum atomic E-state index is -0.807. The van der Waals surface area contributed by atoms with E-state index in [1.54, 1.807) is 61.7 Å². The average molecular weight is 400 g/mol. The molecule has 0 fully saturated rings. The first-order chi connectivity index (χ1) is 14.0. The fraction of sp³-hybridized carbons (Fsp3) is 0.318. The number of anilines is 2. The number of hydrogen-bond donors (Lipinski definition) is 4. The number of benzene rings is 2. The van der Waals surface area contributed by atoms with Gasteiger partial charge in [-0.2, -0.15) is 0 Å². The lowest BCUT2D eigenvalue weighted by Gasteiger charge is -2.21. The van der Waals surface area contributed by atoms with Crippen LogP contribution in [0, 0.1) is 0 Å². The van der Waals surface area contributed by atoms with E-state index in [4.69, 9.17) is 20.3 Å². The van der Waals surface area contributed by atoms with Crippen LogP contribution >= 0.6 is 0 Å². The summed E-state index contributed by atoms with van der Waals surface area (Å²) in [6.07, 6.45) is 3.05. The van der Waals surface area contributed by atoms with Crippen LogP contribution in [0.2, 0.25) is 0 Å². The third-order valence-electron chi connectivity index (χ3n) is 4.34. The molecule has 7 heteroatoms. The van der Waals surface area contributed by atoms with Gasteiger partial charge in [-0.1, -0.05) is 30.3 Å². The van der Waals surface area contributed by atoms with Gasteiger partial charge in [-0.3, -0.25) is 4.79 Å². The SMILES string of the molecule is CO[C@@H](CC/C=C/C(=O)Nc1ccccc1N)[C@@H](O)c1ccc(OCCO)cc1. The molecule has 0 heterocycles. The molecule has 156 valence electrons. The van der Waals surface area contributed by atoms with Gasteiger partial charge < -0.3 is 30.7 Å². The second-order valence-electron chi connectivity index (χ2n) is 6.42. The van der Waals surface area contributed by atoms with Crippen LogP contribution in [0.25, 0.3) is 0 Å². The molecule has 29 heavy (non-hydrogen) atoms. The molecule has 0 saturated carbocycles. The predicted octanol–water partition coefficient (Wildman–Crippen LogP) is 2.66. The number of ether oxygens (including phenoxy) is 2. The van der Waals surface area contributed by atoms with Crippen LogP contribution in [0.15, 0.2) is 60.7 Å². The molecule has 1 amide bonds. The van der Waals surface area contributed by atoms with Crippen LogP contribution in [0.1, 0.15) is 24.5 Å². The highest BCUT2D eigenvalue weighted by Gasteiger charge is 2.20. The number of rotatable bonds is 11. The number of amides is 1. The minimum Gasteiger partial charge on any atom is -0.491 e. The molecule has 2 aromatic rings. The van der Waals surface area contributed by atoms with Gasteiger partial charge in [0.1, 0.15) is 18.5 Å². The van der Waals surface area contributed by atoms with Crippen molar-refractivity contribution < 1.29 is 24.5 Å². The summed E-state index contributed by atoms with van der Waals surface area (Å²) in [4.78, 5) is 12.0. The van der Waals surface area contributed by atoms with E-state index in [-0.39, 0.29) is 19.1 Å². The second kappa shape index (κ2) is 11.9. The number of aliphatic hydroxyl groups is 2. The Hall–Kier alpha value is -2.87. The Balaban J connectivity index is 1.83. The molecule has 0 unspecified atom stereocenters. The first kappa shape index (κ1) is 22.4. The predicted molar refractivity (Wildman–Crippen MR) is 113 cm³/mol. The summed E-state index contributed by atoms with van der Waals surface area (Å²) >= 11 is 0. The molecule has 0 aromatic heterocycles. The summed E-state index contributed by atoms with van der Waals surface area (Å²) < 4.78 is 10.7. The summed E-state index contributed by atoms with van der Waals surface area (Å²) in [7, 11) is 1.54. The summed E-state index contributed by atoms with van der Waals surface area (Å²) in [5.41, 5.74) is 7.58. The van der Waals surface area contributed by atoms with Gasteiger partial charge in [-0.25, -0.2) is 0 Å². The molecule has 2 atom stereocenters. The van der Waals surface area contributed by atoms with Crippen molar-refractivity contribution in [2.75, 3.05) is 31.4 Å². The maximum Gasteiger partial charge on any atom is 0.248 e. The van der Waals surface area contributed by atoms with E-state index in [0.717, 1.165) is 0 Å². The van der Waals surface area contributed by atoms with Crippen molar-refractivity contribution in [1.29, 1.82) is 0 Å². The fourth-order valence-electron chi connectivity index (χ4n) is 2.78. The Morgan fingerprint density at radius 1 is 1.21 bits per heavy atom. The average Bonchev–Trinajstić information content (AvgIpc) is 2.74. The van der Waals surface area contributed by atoms with Crippen LogP contribution in [0.3, 0.4) is 0 Å². The topological polar surface area (TPSA) is 114 Å². The van der Waals surface area contributed by atoms with Gasteiger partial charge in [0.15, 0.2) is 0 Å². The van der Waals surface area contributed by atoms with E-state index in [1.807, 2.05) is 0 Å². The van der Waals surface area contributed by atoms with Crippen molar-refractivity contribution in [2.45, 2.75) is 25.0 Å². The number of nitrogen functional groups attached to an aromatic ring is 1. The number of para-hydroxylation sites is 2. The van der Waals surface area contributed by atoms with E-state index in [0.29, 0.717) is 35.5 Å². The summed E-state index contributed by atoms with van der Waals surface area (Å²) in [6.45, 7) is 0.166. The van der Waals surface area contributed by atoms with Gasteiger partial charge in [0, 0.05) is 7.11 Å². The Morgan fingerprint density at radius 2 is 1.93 bits per heavy atom. The molecule has 0 saturated heterocycles. The molecule has 0 aliphatic heterocycles. The van der Waals surface area contributed by atoms with E-state index < -0.39 is 12.2 Å². The van der Waals surface area contributed by atoms with Crippen LogP contribution < -0.4 is 15.8 Å². The Labute approximate surface area is 170 Å². The monoisotopic (exact) mass is 400 g/mol. The lowest BCUT2D eigenvalue weighted by Crippen LogP contribution is -2.20. The number of hydrogen-bond acceptors (Lipinski definition) is 6. The van der Waals surface area contributed by atoms with Gasteiger partial charge in [-0.15, -0.1) is 0 Å². The molecular weight excluding hydrogens is 372 g/mol. The van der Waals surface area contributed by atoms with Crippen molar-refractivity contribution in [3.8, 4) is 5.75 Å². The van der Waals surface area contributed by atoms with Gasteiger partial charge in [-0.05, 0) is 48.7 Å². The van der Waals surface area contributed by atoms with Gasteiger partial charge in [0.25, 0.3) is 0 Å². The maximum atomic E-state index is 12.0. The number of carbonyl (C=O) groups excluding carboxylic acids is 1. The van der Waals surface area contributed by atoms with Crippen LogP contribution in [0.4, 0.5) is 11.4 Å². The molecule has 0 bridgehead atoms. The number of nitrogens with two attached hydrogens (primary N) is 1. The van der Waals surface area contributed by atoms with Crippen molar-refractivity contribution in [3.05, 3.63) is 66.2 Å². The number of allylic oxidation sites excluding steroid dienone is 1. The summed E-state index contributed by atoms with van der Waals surface area (Å²) in [5.74, 6) is 0.354.